The van der Waals surface area contributed by atoms with Gasteiger partial charge in [0.2, 0.25) is 5.91 Å². The number of hydrogen-bond acceptors (Lipinski definition) is 3. The lowest BCUT2D eigenvalue weighted by molar-refractivity contribution is -0.148. The highest BCUT2D eigenvalue weighted by Crippen LogP contribution is 2.25. The Morgan fingerprint density at radius 1 is 1.33 bits per heavy atom. The quantitative estimate of drug-likeness (QED) is 0.570. The summed E-state index contributed by atoms with van der Waals surface area (Å²) in [6.07, 6.45) is 1.57. The lowest BCUT2D eigenvalue weighted by Crippen LogP contribution is -2.37. The molecule has 0 radical (unpaired) electrons. The van der Waals surface area contributed by atoms with Crippen LogP contribution in [0.3, 0.4) is 0 Å². The van der Waals surface area contributed by atoms with Gasteiger partial charge < -0.3 is 9.64 Å². The number of benzene rings is 1. The van der Waals surface area contributed by atoms with Gasteiger partial charge in [-0.2, -0.15) is 0 Å². The van der Waals surface area contributed by atoms with Gasteiger partial charge in [-0.25, -0.2) is 0 Å². The normalized spacial score (nSPS) is 10.0. The maximum atomic E-state index is 12.3. The SMILES string of the molecule is C=CCN(CC(=O)OCC)C(=O)Cc1c(Cl)cccc1Cl. The number of ether oxygens (including phenoxy) is 1. The summed E-state index contributed by atoms with van der Waals surface area (Å²) in [7, 11) is 0. The van der Waals surface area contributed by atoms with Crippen LogP contribution in [0.4, 0.5) is 0 Å². The highest BCUT2D eigenvalue weighted by Gasteiger charge is 2.19. The molecule has 0 spiro atoms. The summed E-state index contributed by atoms with van der Waals surface area (Å²) in [6, 6.07) is 5.04. The third kappa shape index (κ3) is 5.40. The van der Waals surface area contributed by atoms with Crippen molar-refractivity contribution in [1.29, 1.82) is 0 Å². The molecule has 0 atom stereocenters. The Hall–Kier alpha value is -1.52. The zero-order chi connectivity index (χ0) is 15.8. The van der Waals surface area contributed by atoms with Gasteiger partial charge in [0.15, 0.2) is 0 Å². The van der Waals surface area contributed by atoms with E-state index in [-0.39, 0.29) is 32.0 Å². The number of rotatable bonds is 7. The first kappa shape index (κ1) is 17.5. The minimum Gasteiger partial charge on any atom is -0.465 e. The van der Waals surface area contributed by atoms with Crippen LogP contribution in [0.1, 0.15) is 12.5 Å². The molecule has 0 fully saturated rings. The van der Waals surface area contributed by atoms with Crippen molar-refractivity contribution < 1.29 is 14.3 Å². The van der Waals surface area contributed by atoms with Gasteiger partial charge >= 0.3 is 5.97 Å². The molecule has 21 heavy (non-hydrogen) atoms. The smallest absolute Gasteiger partial charge is 0.325 e. The van der Waals surface area contributed by atoms with Crippen molar-refractivity contribution in [3.05, 3.63) is 46.5 Å². The Morgan fingerprint density at radius 3 is 2.48 bits per heavy atom. The molecule has 0 aliphatic rings. The zero-order valence-electron chi connectivity index (χ0n) is 11.8. The molecule has 6 heteroatoms. The Balaban J connectivity index is 2.81. The monoisotopic (exact) mass is 329 g/mol. The maximum Gasteiger partial charge on any atom is 0.325 e. The first-order valence-corrected chi connectivity index (χ1v) is 7.22. The molecule has 0 N–H and O–H groups in total. The molecule has 114 valence electrons. The van der Waals surface area contributed by atoms with Crippen molar-refractivity contribution in [2.24, 2.45) is 0 Å². The van der Waals surface area contributed by atoms with Crippen LogP contribution < -0.4 is 0 Å². The van der Waals surface area contributed by atoms with E-state index in [1.54, 1.807) is 31.2 Å². The molecule has 1 rings (SSSR count). The molecule has 1 amide bonds. The lowest BCUT2D eigenvalue weighted by Gasteiger charge is -2.20. The standard InChI is InChI=1S/C15H17Cl2NO3/c1-3-8-18(10-15(20)21-4-2)14(19)9-11-12(16)6-5-7-13(11)17/h3,5-7H,1,4,8-10H2,2H3. The molecule has 0 unspecified atom stereocenters. The van der Waals surface area contributed by atoms with Crippen LogP contribution in [-0.2, 0) is 20.7 Å². The van der Waals surface area contributed by atoms with E-state index in [0.29, 0.717) is 15.6 Å². The summed E-state index contributed by atoms with van der Waals surface area (Å²) < 4.78 is 4.85. The fraction of sp³-hybridized carbons (Fsp3) is 0.333. The van der Waals surface area contributed by atoms with Crippen LogP contribution in [0.5, 0.6) is 0 Å². The third-order valence-electron chi connectivity index (χ3n) is 2.72. The van der Waals surface area contributed by atoms with Crippen LogP contribution in [-0.4, -0.2) is 36.5 Å². The van der Waals surface area contributed by atoms with Gasteiger partial charge in [-0.05, 0) is 24.6 Å². The van der Waals surface area contributed by atoms with Crippen LogP contribution in [0.15, 0.2) is 30.9 Å². The van der Waals surface area contributed by atoms with E-state index in [2.05, 4.69) is 6.58 Å². The summed E-state index contributed by atoms with van der Waals surface area (Å²) >= 11 is 12.1. The topological polar surface area (TPSA) is 46.6 Å². The largest absolute Gasteiger partial charge is 0.465 e. The van der Waals surface area contributed by atoms with E-state index in [4.69, 9.17) is 27.9 Å². The average molecular weight is 330 g/mol. The summed E-state index contributed by atoms with van der Waals surface area (Å²) in [5.74, 6) is -0.726. The van der Waals surface area contributed by atoms with E-state index < -0.39 is 5.97 Å². The molecule has 0 aromatic heterocycles. The van der Waals surface area contributed by atoms with Gasteiger partial charge in [0, 0.05) is 16.6 Å². The van der Waals surface area contributed by atoms with E-state index in [1.165, 1.54) is 4.90 Å². The predicted octanol–water partition coefficient (Wildman–Crippen LogP) is 3.11. The van der Waals surface area contributed by atoms with Gasteiger partial charge in [-0.1, -0.05) is 35.3 Å². The number of halogens is 2. The molecule has 0 heterocycles. The van der Waals surface area contributed by atoms with E-state index in [9.17, 15) is 9.59 Å². The minimum atomic E-state index is -0.460. The molecule has 0 aliphatic heterocycles. The van der Waals surface area contributed by atoms with E-state index in [1.807, 2.05) is 0 Å². The molecular formula is C15H17Cl2NO3. The van der Waals surface area contributed by atoms with Crippen molar-refractivity contribution in [3.8, 4) is 0 Å². The molecule has 0 aliphatic carbocycles. The fourth-order valence-electron chi connectivity index (χ4n) is 1.74. The van der Waals surface area contributed by atoms with Crippen LogP contribution in [0.25, 0.3) is 0 Å². The van der Waals surface area contributed by atoms with Crippen LogP contribution in [0, 0.1) is 0 Å². The number of esters is 1. The molecule has 1 aromatic rings. The number of hydrogen-bond donors (Lipinski definition) is 0. The van der Waals surface area contributed by atoms with Gasteiger partial charge in [-0.3, -0.25) is 9.59 Å². The Labute approximate surface area is 134 Å². The maximum absolute atomic E-state index is 12.3. The van der Waals surface area contributed by atoms with Crippen molar-refractivity contribution in [2.45, 2.75) is 13.3 Å². The Bertz CT molecular complexity index is 511. The highest BCUT2D eigenvalue weighted by molar-refractivity contribution is 6.36. The molecule has 0 saturated heterocycles. The average Bonchev–Trinajstić information content (AvgIpc) is 2.42. The second-order valence-electron chi connectivity index (χ2n) is 4.24. The molecule has 1 aromatic carbocycles. The summed E-state index contributed by atoms with van der Waals surface area (Å²) in [5.41, 5.74) is 0.545. The lowest BCUT2D eigenvalue weighted by atomic mass is 10.1. The summed E-state index contributed by atoms with van der Waals surface area (Å²) in [6.45, 7) is 5.68. The zero-order valence-corrected chi connectivity index (χ0v) is 13.3. The van der Waals surface area contributed by atoms with E-state index in [0.717, 1.165) is 0 Å². The second-order valence-corrected chi connectivity index (χ2v) is 5.06. The van der Waals surface area contributed by atoms with Gasteiger partial charge in [0.1, 0.15) is 6.54 Å². The molecule has 0 bridgehead atoms. The van der Waals surface area contributed by atoms with Gasteiger partial charge in [0.25, 0.3) is 0 Å². The number of carbonyl (C=O) groups is 2. The van der Waals surface area contributed by atoms with Crippen LogP contribution >= 0.6 is 23.2 Å². The van der Waals surface area contributed by atoms with Crippen molar-refractivity contribution in [1.82, 2.24) is 4.90 Å². The second kappa shape index (κ2) is 8.70. The van der Waals surface area contributed by atoms with Crippen LogP contribution in [0.2, 0.25) is 10.0 Å². The first-order valence-electron chi connectivity index (χ1n) is 6.46. The molecular weight excluding hydrogens is 313 g/mol. The minimum absolute atomic E-state index is 0.0196. The summed E-state index contributed by atoms with van der Waals surface area (Å²) in [4.78, 5) is 25.2. The predicted molar refractivity (Wildman–Crippen MR) is 83.6 cm³/mol. The van der Waals surface area contributed by atoms with Crippen molar-refractivity contribution in [2.75, 3.05) is 19.7 Å². The number of nitrogens with zero attached hydrogens (tertiary/aromatic N) is 1. The Morgan fingerprint density at radius 2 is 1.95 bits per heavy atom. The van der Waals surface area contributed by atoms with Crippen molar-refractivity contribution >= 4 is 35.1 Å². The fourth-order valence-corrected chi connectivity index (χ4v) is 2.27. The Kier molecular flexibility index (Phi) is 7.26. The summed E-state index contributed by atoms with van der Waals surface area (Å²) in [5, 5.41) is 0.844. The number of carbonyl (C=O) groups excluding carboxylic acids is 2. The molecule has 0 saturated carbocycles. The third-order valence-corrected chi connectivity index (χ3v) is 3.43. The van der Waals surface area contributed by atoms with Crippen molar-refractivity contribution in [3.63, 3.8) is 0 Å². The van der Waals surface area contributed by atoms with E-state index >= 15 is 0 Å². The molecule has 4 nitrogen and oxygen atoms in total. The van der Waals surface area contributed by atoms with Gasteiger partial charge in [0.05, 0.1) is 13.0 Å². The van der Waals surface area contributed by atoms with Gasteiger partial charge in [-0.15, -0.1) is 6.58 Å². The highest BCUT2D eigenvalue weighted by atomic mass is 35.5. The first-order chi connectivity index (χ1) is 9.99. The number of amides is 1.